The van der Waals surface area contributed by atoms with E-state index in [0.717, 1.165) is 0 Å². The van der Waals surface area contributed by atoms with E-state index in [-0.39, 0.29) is 18.0 Å². The molecule has 0 saturated carbocycles. The van der Waals surface area contributed by atoms with Gasteiger partial charge in [0, 0.05) is 13.1 Å². The SMILES string of the molecule is O=C(C(c1ccccc1)n1cnc2[nH]ncc2c1=O)N1CCC(O)C1. The van der Waals surface area contributed by atoms with Crippen molar-refractivity contribution in [1.82, 2.24) is 24.6 Å². The Labute approximate surface area is 142 Å². The summed E-state index contributed by atoms with van der Waals surface area (Å²) in [4.78, 5) is 31.7. The first kappa shape index (κ1) is 15.5. The topological polar surface area (TPSA) is 104 Å². The van der Waals surface area contributed by atoms with E-state index in [2.05, 4.69) is 15.2 Å². The van der Waals surface area contributed by atoms with E-state index >= 15 is 0 Å². The Hall–Kier alpha value is -3.00. The van der Waals surface area contributed by atoms with E-state index in [0.29, 0.717) is 29.6 Å². The molecule has 2 aromatic heterocycles. The lowest BCUT2D eigenvalue weighted by Crippen LogP contribution is -2.40. The quantitative estimate of drug-likeness (QED) is 0.714. The number of aliphatic hydroxyl groups excluding tert-OH is 1. The van der Waals surface area contributed by atoms with E-state index in [1.54, 1.807) is 17.0 Å². The van der Waals surface area contributed by atoms with Crippen LogP contribution in [0.15, 0.2) is 47.7 Å². The molecule has 3 aromatic rings. The van der Waals surface area contributed by atoms with Gasteiger partial charge in [-0.1, -0.05) is 30.3 Å². The molecule has 2 N–H and O–H groups in total. The first-order valence-electron chi connectivity index (χ1n) is 8.07. The number of carbonyl (C=O) groups excluding carboxylic acids is 1. The lowest BCUT2D eigenvalue weighted by molar-refractivity contribution is -0.132. The zero-order valence-corrected chi connectivity index (χ0v) is 13.4. The number of hydrogen-bond donors (Lipinski definition) is 2. The molecule has 1 fully saturated rings. The molecule has 2 atom stereocenters. The third kappa shape index (κ3) is 2.70. The Morgan fingerprint density at radius 2 is 2.12 bits per heavy atom. The second-order valence-electron chi connectivity index (χ2n) is 6.13. The van der Waals surface area contributed by atoms with E-state index in [1.807, 2.05) is 18.2 Å². The van der Waals surface area contributed by atoms with Crippen molar-refractivity contribution in [1.29, 1.82) is 0 Å². The van der Waals surface area contributed by atoms with Crippen LogP contribution in [-0.4, -0.2) is 54.9 Å². The summed E-state index contributed by atoms with van der Waals surface area (Å²) < 4.78 is 1.33. The van der Waals surface area contributed by atoms with Crippen molar-refractivity contribution >= 4 is 16.9 Å². The predicted molar refractivity (Wildman–Crippen MR) is 89.9 cm³/mol. The maximum atomic E-state index is 13.1. The third-order valence-corrected chi connectivity index (χ3v) is 4.50. The number of β-amino-alcohol motifs (C(OH)–C–C–N with tert-alkyl or cyclic N) is 1. The van der Waals surface area contributed by atoms with Crippen molar-refractivity contribution in [3.8, 4) is 0 Å². The average molecular weight is 339 g/mol. The van der Waals surface area contributed by atoms with Crippen molar-refractivity contribution in [3.63, 3.8) is 0 Å². The van der Waals surface area contributed by atoms with Gasteiger partial charge in [-0.15, -0.1) is 0 Å². The van der Waals surface area contributed by atoms with Crippen molar-refractivity contribution in [2.24, 2.45) is 0 Å². The van der Waals surface area contributed by atoms with Crippen LogP contribution in [-0.2, 0) is 4.79 Å². The monoisotopic (exact) mass is 339 g/mol. The van der Waals surface area contributed by atoms with Crippen molar-refractivity contribution in [2.75, 3.05) is 13.1 Å². The highest BCUT2D eigenvalue weighted by atomic mass is 16.3. The number of aromatic amines is 1. The largest absolute Gasteiger partial charge is 0.391 e. The van der Waals surface area contributed by atoms with Gasteiger partial charge in [-0.3, -0.25) is 19.3 Å². The number of nitrogens with one attached hydrogen (secondary N) is 1. The number of carbonyl (C=O) groups is 1. The minimum atomic E-state index is -0.828. The van der Waals surface area contributed by atoms with Gasteiger partial charge in [-0.05, 0) is 12.0 Å². The summed E-state index contributed by atoms with van der Waals surface area (Å²) in [6.45, 7) is 0.748. The van der Waals surface area contributed by atoms with Crippen LogP contribution in [0.2, 0.25) is 0 Å². The molecule has 1 aliphatic rings. The van der Waals surface area contributed by atoms with Gasteiger partial charge in [0.15, 0.2) is 5.65 Å². The van der Waals surface area contributed by atoms with Crippen LogP contribution in [0.5, 0.6) is 0 Å². The van der Waals surface area contributed by atoms with E-state index < -0.39 is 12.1 Å². The number of nitrogens with zero attached hydrogens (tertiary/aromatic N) is 4. The molecule has 1 aromatic carbocycles. The number of benzene rings is 1. The average Bonchev–Trinajstić information content (AvgIpc) is 3.27. The van der Waals surface area contributed by atoms with Crippen LogP contribution in [0, 0.1) is 0 Å². The first-order valence-corrected chi connectivity index (χ1v) is 8.07. The van der Waals surface area contributed by atoms with Crippen LogP contribution in [0.25, 0.3) is 11.0 Å². The molecule has 0 spiro atoms. The van der Waals surface area contributed by atoms with Gasteiger partial charge in [0.25, 0.3) is 11.5 Å². The molecule has 8 heteroatoms. The molecule has 8 nitrogen and oxygen atoms in total. The van der Waals surface area contributed by atoms with Gasteiger partial charge in [-0.2, -0.15) is 5.10 Å². The summed E-state index contributed by atoms with van der Waals surface area (Å²) in [5, 5.41) is 16.6. The van der Waals surface area contributed by atoms with Crippen LogP contribution >= 0.6 is 0 Å². The third-order valence-electron chi connectivity index (χ3n) is 4.50. The maximum absolute atomic E-state index is 13.1. The summed E-state index contributed by atoms with van der Waals surface area (Å²) >= 11 is 0. The number of fused-ring (bicyclic) bond motifs is 1. The zero-order chi connectivity index (χ0) is 17.4. The summed E-state index contributed by atoms with van der Waals surface area (Å²) in [5.41, 5.74) is 0.749. The predicted octanol–water partition coefficient (Wildman–Crippen LogP) is 0.302. The number of likely N-dealkylation sites (tertiary alicyclic amines) is 1. The smallest absolute Gasteiger partial charge is 0.265 e. The Balaban J connectivity index is 1.83. The lowest BCUT2D eigenvalue weighted by atomic mass is 10.1. The van der Waals surface area contributed by atoms with Crippen molar-refractivity contribution in [3.05, 3.63) is 58.8 Å². The number of aromatic nitrogens is 4. The Morgan fingerprint density at radius 3 is 2.84 bits per heavy atom. The standard InChI is InChI=1S/C17H17N5O3/c23-12-6-7-21(9-12)17(25)14(11-4-2-1-3-5-11)22-10-18-15-13(16(22)24)8-19-20-15/h1-5,8,10,12,14,23H,6-7,9H2,(H,19,20). The minimum absolute atomic E-state index is 0.227. The molecule has 2 unspecified atom stereocenters. The van der Waals surface area contributed by atoms with Gasteiger partial charge >= 0.3 is 0 Å². The molecule has 0 radical (unpaired) electrons. The fraction of sp³-hybridized carbons (Fsp3) is 0.294. The van der Waals surface area contributed by atoms with Gasteiger partial charge in [0.2, 0.25) is 0 Å². The Bertz CT molecular complexity index is 965. The lowest BCUT2D eigenvalue weighted by Gasteiger charge is -2.25. The molecule has 3 heterocycles. The van der Waals surface area contributed by atoms with E-state index in [1.165, 1.54) is 17.1 Å². The van der Waals surface area contributed by atoms with Crippen LogP contribution in [0.3, 0.4) is 0 Å². The van der Waals surface area contributed by atoms with E-state index in [9.17, 15) is 14.7 Å². The molecule has 1 amide bonds. The molecule has 128 valence electrons. The fourth-order valence-electron chi connectivity index (χ4n) is 3.20. The minimum Gasteiger partial charge on any atom is -0.391 e. The Kier molecular flexibility index (Phi) is 3.81. The van der Waals surface area contributed by atoms with Gasteiger partial charge in [0.05, 0.1) is 12.3 Å². The fourth-order valence-corrected chi connectivity index (χ4v) is 3.20. The number of hydrogen-bond acceptors (Lipinski definition) is 5. The summed E-state index contributed by atoms with van der Waals surface area (Å²) in [5.74, 6) is -0.227. The van der Waals surface area contributed by atoms with E-state index in [4.69, 9.17) is 0 Å². The number of H-pyrrole nitrogens is 1. The zero-order valence-electron chi connectivity index (χ0n) is 13.4. The highest BCUT2D eigenvalue weighted by Gasteiger charge is 2.33. The molecule has 1 saturated heterocycles. The number of aliphatic hydroxyl groups is 1. The molecule has 0 bridgehead atoms. The van der Waals surface area contributed by atoms with Gasteiger partial charge in [-0.25, -0.2) is 4.98 Å². The molecule has 25 heavy (non-hydrogen) atoms. The first-order chi connectivity index (χ1) is 12.1. The van der Waals surface area contributed by atoms with Crippen LogP contribution in [0.1, 0.15) is 18.0 Å². The summed E-state index contributed by atoms with van der Waals surface area (Å²) in [6.07, 6.45) is 2.80. The van der Waals surface area contributed by atoms with Gasteiger partial charge < -0.3 is 10.0 Å². The number of rotatable bonds is 3. The van der Waals surface area contributed by atoms with Crippen molar-refractivity contribution in [2.45, 2.75) is 18.6 Å². The van der Waals surface area contributed by atoms with Crippen molar-refractivity contribution < 1.29 is 9.90 Å². The maximum Gasteiger partial charge on any atom is 0.265 e. The molecular formula is C17H17N5O3. The van der Waals surface area contributed by atoms with Gasteiger partial charge in [0.1, 0.15) is 17.8 Å². The van der Waals surface area contributed by atoms with Crippen LogP contribution in [0.4, 0.5) is 0 Å². The molecule has 1 aliphatic heterocycles. The summed E-state index contributed by atoms with van der Waals surface area (Å²) in [7, 11) is 0. The second-order valence-corrected chi connectivity index (χ2v) is 6.13. The normalized spacial score (nSPS) is 18.6. The molecule has 0 aliphatic carbocycles. The number of amides is 1. The molecular weight excluding hydrogens is 322 g/mol. The highest BCUT2D eigenvalue weighted by molar-refractivity contribution is 5.84. The highest BCUT2D eigenvalue weighted by Crippen LogP contribution is 2.22. The summed E-state index contributed by atoms with van der Waals surface area (Å²) in [6, 6.07) is 8.28. The molecule has 4 rings (SSSR count). The van der Waals surface area contributed by atoms with Crippen LogP contribution < -0.4 is 5.56 Å². The second kappa shape index (κ2) is 6.14. The Morgan fingerprint density at radius 1 is 1.32 bits per heavy atom.